The van der Waals surface area contributed by atoms with E-state index in [0.717, 1.165) is 5.56 Å². The average Bonchev–Trinajstić information content (AvgIpc) is 2.37. The molecule has 0 aromatic heterocycles. The minimum atomic E-state index is -0.190. The summed E-state index contributed by atoms with van der Waals surface area (Å²) in [5, 5.41) is 9.27. The quantitative estimate of drug-likeness (QED) is 0.822. The van der Waals surface area contributed by atoms with Gasteiger partial charge in [0.2, 0.25) is 0 Å². The van der Waals surface area contributed by atoms with Gasteiger partial charge in [0.05, 0.1) is 0 Å². The molecule has 0 atom stereocenters. The first-order valence-corrected chi connectivity index (χ1v) is 5.78. The Kier molecular flexibility index (Phi) is 4.07. The molecule has 0 bridgehead atoms. The van der Waals surface area contributed by atoms with Crippen LogP contribution in [0.3, 0.4) is 0 Å². The molecule has 2 nitrogen and oxygen atoms in total. The van der Waals surface area contributed by atoms with Crippen molar-refractivity contribution in [2.24, 2.45) is 4.99 Å². The van der Waals surface area contributed by atoms with Crippen molar-refractivity contribution < 1.29 is 9.50 Å². The van der Waals surface area contributed by atoms with Gasteiger partial charge in [0.25, 0.3) is 0 Å². The van der Waals surface area contributed by atoms with Crippen LogP contribution in [-0.4, -0.2) is 17.9 Å². The van der Waals surface area contributed by atoms with Crippen LogP contribution in [-0.2, 0) is 6.42 Å². The van der Waals surface area contributed by atoms with Crippen molar-refractivity contribution in [3.8, 4) is 5.75 Å². The molecular weight excluding hydrogens is 229 g/mol. The smallest absolute Gasteiger partial charge is 0.126 e. The van der Waals surface area contributed by atoms with Gasteiger partial charge in [-0.05, 0) is 35.7 Å². The van der Waals surface area contributed by atoms with Gasteiger partial charge in [-0.3, -0.25) is 4.99 Å². The van der Waals surface area contributed by atoms with Crippen molar-refractivity contribution in [2.75, 3.05) is 6.54 Å². The second-order valence-corrected chi connectivity index (χ2v) is 3.97. The third-order valence-corrected chi connectivity index (χ3v) is 2.58. The van der Waals surface area contributed by atoms with E-state index in [-0.39, 0.29) is 11.6 Å². The summed E-state index contributed by atoms with van der Waals surface area (Å²) in [7, 11) is 0. The Balaban J connectivity index is 1.91. The molecule has 92 valence electrons. The summed E-state index contributed by atoms with van der Waals surface area (Å²) in [6.07, 6.45) is 2.25. The van der Waals surface area contributed by atoms with E-state index in [2.05, 4.69) is 4.99 Å². The van der Waals surface area contributed by atoms with Gasteiger partial charge in [-0.1, -0.05) is 30.3 Å². The van der Waals surface area contributed by atoms with E-state index in [1.165, 1.54) is 6.07 Å². The second-order valence-electron chi connectivity index (χ2n) is 3.97. The normalized spacial score (nSPS) is 10.9. The molecular formula is C15H14FNO. The molecule has 0 fully saturated rings. The number of nitrogens with zero attached hydrogens (tertiary/aromatic N) is 1. The van der Waals surface area contributed by atoms with Gasteiger partial charge in [-0.15, -0.1) is 0 Å². The fourth-order valence-electron chi connectivity index (χ4n) is 1.66. The number of phenols is 1. The van der Waals surface area contributed by atoms with E-state index in [9.17, 15) is 9.50 Å². The summed E-state index contributed by atoms with van der Waals surface area (Å²) in [6, 6.07) is 13.6. The fourth-order valence-corrected chi connectivity index (χ4v) is 1.66. The van der Waals surface area contributed by atoms with Crippen molar-refractivity contribution in [3.05, 3.63) is 65.5 Å². The monoisotopic (exact) mass is 243 g/mol. The van der Waals surface area contributed by atoms with Crippen LogP contribution in [0, 0.1) is 5.82 Å². The van der Waals surface area contributed by atoms with Gasteiger partial charge >= 0.3 is 0 Å². The molecule has 0 saturated carbocycles. The third kappa shape index (κ3) is 3.42. The summed E-state index contributed by atoms with van der Waals surface area (Å²) in [6.45, 7) is 0.524. The van der Waals surface area contributed by atoms with Crippen molar-refractivity contribution in [2.45, 2.75) is 6.42 Å². The Morgan fingerprint density at radius 2 is 1.94 bits per heavy atom. The molecule has 2 aromatic carbocycles. The summed E-state index contributed by atoms with van der Waals surface area (Å²) in [4.78, 5) is 4.22. The van der Waals surface area contributed by atoms with Crippen molar-refractivity contribution in [3.63, 3.8) is 0 Å². The summed E-state index contributed by atoms with van der Waals surface area (Å²) < 4.78 is 13.3. The van der Waals surface area contributed by atoms with Crippen LogP contribution < -0.4 is 0 Å². The van der Waals surface area contributed by atoms with Gasteiger partial charge in [-0.2, -0.15) is 0 Å². The van der Waals surface area contributed by atoms with E-state index >= 15 is 0 Å². The topological polar surface area (TPSA) is 32.6 Å². The second kappa shape index (κ2) is 5.96. The first kappa shape index (κ1) is 12.3. The molecule has 0 aliphatic rings. The third-order valence-electron chi connectivity index (χ3n) is 2.58. The number of hydrogen-bond acceptors (Lipinski definition) is 2. The molecule has 0 unspecified atom stereocenters. The number of halogens is 1. The van der Waals surface area contributed by atoms with Crippen molar-refractivity contribution in [1.29, 1.82) is 0 Å². The number of phenolic OH excluding ortho intramolecular Hbond substituents is 1. The Bertz CT molecular complexity index is 552. The van der Waals surface area contributed by atoms with Crippen molar-refractivity contribution in [1.82, 2.24) is 0 Å². The number of aliphatic imine (C=N–C) groups is 1. The lowest BCUT2D eigenvalue weighted by atomic mass is 10.1. The zero-order valence-electron chi connectivity index (χ0n) is 9.88. The first-order chi connectivity index (χ1) is 8.75. The van der Waals surface area contributed by atoms with Crippen LogP contribution in [0.4, 0.5) is 4.39 Å². The van der Waals surface area contributed by atoms with Crippen LogP contribution in [0.5, 0.6) is 5.75 Å². The first-order valence-electron chi connectivity index (χ1n) is 5.78. The van der Waals surface area contributed by atoms with Gasteiger partial charge in [0, 0.05) is 12.8 Å². The molecule has 3 heteroatoms. The molecule has 0 heterocycles. The van der Waals surface area contributed by atoms with Crippen LogP contribution in [0.15, 0.2) is 53.5 Å². The van der Waals surface area contributed by atoms with Crippen LogP contribution in [0.25, 0.3) is 0 Å². The number of rotatable bonds is 4. The highest BCUT2D eigenvalue weighted by Crippen LogP contribution is 2.09. The predicted molar refractivity (Wildman–Crippen MR) is 70.7 cm³/mol. The molecule has 0 radical (unpaired) electrons. The molecule has 0 saturated heterocycles. The van der Waals surface area contributed by atoms with Crippen LogP contribution in [0.1, 0.15) is 11.1 Å². The lowest BCUT2D eigenvalue weighted by Crippen LogP contribution is -1.94. The lowest BCUT2D eigenvalue weighted by Gasteiger charge is -1.99. The average molecular weight is 243 g/mol. The largest absolute Gasteiger partial charge is 0.508 e. The Morgan fingerprint density at radius 3 is 2.72 bits per heavy atom. The van der Waals surface area contributed by atoms with Gasteiger partial charge in [0.15, 0.2) is 0 Å². The van der Waals surface area contributed by atoms with E-state index in [1.54, 1.807) is 36.5 Å². The number of benzene rings is 2. The lowest BCUT2D eigenvalue weighted by molar-refractivity contribution is 0.475. The molecule has 2 rings (SSSR count). The summed E-state index contributed by atoms with van der Waals surface area (Å²) in [5.41, 5.74) is 1.51. The minimum absolute atomic E-state index is 0.190. The Labute approximate surface area is 105 Å². The zero-order valence-corrected chi connectivity index (χ0v) is 9.88. The molecule has 0 amide bonds. The SMILES string of the molecule is Oc1cccc(C=NCCc2ccccc2F)c1. The van der Waals surface area contributed by atoms with E-state index < -0.39 is 0 Å². The predicted octanol–water partition coefficient (Wildman–Crippen LogP) is 3.19. The highest BCUT2D eigenvalue weighted by molar-refractivity contribution is 5.80. The number of aromatic hydroxyl groups is 1. The highest BCUT2D eigenvalue weighted by atomic mass is 19.1. The highest BCUT2D eigenvalue weighted by Gasteiger charge is 1.98. The standard InChI is InChI=1S/C15H14FNO/c16-15-7-2-1-5-13(15)8-9-17-11-12-4-3-6-14(18)10-12/h1-7,10-11,18H,8-9H2. The maximum absolute atomic E-state index is 13.3. The van der Waals surface area contributed by atoms with E-state index in [0.29, 0.717) is 18.5 Å². The minimum Gasteiger partial charge on any atom is -0.508 e. The molecule has 0 aliphatic carbocycles. The van der Waals surface area contributed by atoms with Gasteiger partial charge in [0.1, 0.15) is 11.6 Å². The molecule has 0 spiro atoms. The molecule has 2 aromatic rings. The fraction of sp³-hybridized carbons (Fsp3) is 0.133. The van der Waals surface area contributed by atoms with Gasteiger partial charge in [-0.25, -0.2) is 4.39 Å². The Hall–Kier alpha value is -2.16. The van der Waals surface area contributed by atoms with E-state index in [1.807, 2.05) is 12.1 Å². The molecule has 0 aliphatic heterocycles. The maximum Gasteiger partial charge on any atom is 0.126 e. The van der Waals surface area contributed by atoms with Crippen LogP contribution in [0.2, 0.25) is 0 Å². The summed E-state index contributed by atoms with van der Waals surface area (Å²) >= 11 is 0. The number of hydrogen-bond donors (Lipinski definition) is 1. The van der Waals surface area contributed by atoms with Crippen LogP contribution >= 0.6 is 0 Å². The van der Waals surface area contributed by atoms with Gasteiger partial charge < -0.3 is 5.11 Å². The Morgan fingerprint density at radius 1 is 1.11 bits per heavy atom. The van der Waals surface area contributed by atoms with E-state index in [4.69, 9.17) is 0 Å². The van der Waals surface area contributed by atoms with Crippen molar-refractivity contribution >= 4 is 6.21 Å². The zero-order chi connectivity index (χ0) is 12.8. The summed E-state index contributed by atoms with van der Waals surface area (Å²) in [5.74, 6) is 0.0260. The molecule has 18 heavy (non-hydrogen) atoms. The molecule has 1 N–H and O–H groups in total. The maximum atomic E-state index is 13.3.